The van der Waals surface area contributed by atoms with Crippen LogP contribution in [0.3, 0.4) is 0 Å². The molecule has 3 heterocycles. The van der Waals surface area contributed by atoms with Crippen molar-refractivity contribution >= 4 is 28.6 Å². The van der Waals surface area contributed by atoms with Gasteiger partial charge in [-0.05, 0) is 47.7 Å². The van der Waals surface area contributed by atoms with Crippen molar-refractivity contribution < 1.29 is 14.3 Å². The number of carbonyl (C=O) groups excluding carboxylic acids is 1. The Balaban J connectivity index is 1.85. The lowest BCUT2D eigenvalue weighted by molar-refractivity contribution is -0.131. The Bertz CT molecular complexity index is 957. The molecule has 9 heteroatoms. The van der Waals surface area contributed by atoms with Crippen LogP contribution in [0.2, 0.25) is 0 Å². The molecule has 0 saturated heterocycles. The van der Waals surface area contributed by atoms with Crippen LogP contribution in [0.4, 0.5) is 0 Å². The zero-order chi connectivity index (χ0) is 18.7. The minimum Gasteiger partial charge on any atom is -0.471 e. The molecule has 0 atom stereocenters. The van der Waals surface area contributed by atoms with E-state index in [1.807, 2.05) is 12.1 Å². The second kappa shape index (κ2) is 7.77. The Hall–Kier alpha value is -2.56. The number of hydrogen-bond acceptors (Lipinski definition) is 7. The number of carbonyl (C=O) groups is 1. The first-order chi connectivity index (χ1) is 12.4. The molecule has 0 bridgehead atoms. The van der Waals surface area contributed by atoms with Gasteiger partial charge >= 0.3 is 5.97 Å². The zero-order valence-corrected chi connectivity index (χ0v) is 16.6. The van der Waals surface area contributed by atoms with Crippen molar-refractivity contribution in [3.05, 3.63) is 45.4 Å². The highest BCUT2D eigenvalue weighted by Crippen LogP contribution is 2.25. The summed E-state index contributed by atoms with van der Waals surface area (Å²) in [7, 11) is 1.79. The third-order valence-electron chi connectivity index (χ3n) is 3.53. The van der Waals surface area contributed by atoms with E-state index < -0.39 is 0 Å². The molecule has 0 aliphatic carbocycles. The second-order valence-electron chi connectivity index (χ2n) is 5.48. The maximum atomic E-state index is 11.1. The van der Waals surface area contributed by atoms with Crippen molar-refractivity contribution in [1.82, 2.24) is 25.0 Å². The normalized spacial score (nSPS) is 10.6. The number of nitrogens with zero attached hydrogens (tertiary/aromatic N) is 5. The number of pyridine rings is 2. The summed E-state index contributed by atoms with van der Waals surface area (Å²) < 4.78 is 13.6. The largest absolute Gasteiger partial charge is 0.471 e. The third-order valence-corrected chi connectivity index (χ3v) is 4.20. The maximum absolute atomic E-state index is 11.1. The summed E-state index contributed by atoms with van der Waals surface area (Å²) in [5.41, 5.74) is 2.59. The molecule has 3 aromatic rings. The Kier molecular flexibility index (Phi) is 5.45. The van der Waals surface area contributed by atoms with Gasteiger partial charge in [0.1, 0.15) is 18.0 Å². The molecule has 0 aromatic carbocycles. The minimum absolute atomic E-state index is 0.248. The number of esters is 1. The predicted molar refractivity (Wildman–Crippen MR) is 102 cm³/mol. The summed E-state index contributed by atoms with van der Waals surface area (Å²) in [4.78, 5) is 19.8. The van der Waals surface area contributed by atoms with E-state index in [9.17, 15) is 4.79 Å². The average Bonchev–Trinajstić information content (AvgIpc) is 2.95. The summed E-state index contributed by atoms with van der Waals surface area (Å²) in [6.45, 7) is 3.37. The Labute approximate surface area is 163 Å². The highest BCUT2D eigenvalue weighted by molar-refractivity contribution is 14.1. The average molecular weight is 465 g/mol. The molecule has 0 aliphatic heterocycles. The maximum Gasteiger partial charge on any atom is 0.308 e. The monoisotopic (exact) mass is 465 g/mol. The Morgan fingerprint density at radius 2 is 2.12 bits per heavy atom. The first-order valence-electron chi connectivity index (χ1n) is 7.73. The van der Waals surface area contributed by atoms with Gasteiger partial charge in [-0.1, -0.05) is 5.21 Å². The quantitative estimate of drug-likeness (QED) is 0.423. The van der Waals surface area contributed by atoms with E-state index in [4.69, 9.17) is 9.47 Å². The van der Waals surface area contributed by atoms with Crippen LogP contribution < -0.4 is 9.47 Å². The minimum atomic E-state index is -0.388. The fourth-order valence-electron chi connectivity index (χ4n) is 2.29. The molecule has 3 aromatic heterocycles. The van der Waals surface area contributed by atoms with Gasteiger partial charge in [-0.2, -0.15) is 0 Å². The lowest BCUT2D eigenvalue weighted by Gasteiger charge is -2.09. The smallest absolute Gasteiger partial charge is 0.308 e. The standard InChI is InChI=1S/C17H16IN5O3/c1-10-15(26-11(2)24)5-4-13(20-10)17-14(23(3)22-21-17)9-25-16-8-12(18)6-7-19-16/h4-8H,9H2,1-3H3. The predicted octanol–water partition coefficient (Wildman–Crippen LogP) is 2.69. The molecule has 0 saturated carbocycles. The topological polar surface area (TPSA) is 92.0 Å². The molecule has 0 amide bonds. The molecular formula is C17H16IN5O3. The molecule has 0 fully saturated rings. The molecule has 0 N–H and O–H groups in total. The lowest BCUT2D eigenvalue weighted by atomic mass is 10.2. The SMILES string of the molecule is CC(=O)Oc1ccc(-c2nnn(C)c2COc2cc(I)ccn2)nc1C. The van der Waals surface area contributed by atoms with Gasteiger partial charge in [0.05, 0.1) is 11.4 Å². The van der Waals surface area contributed by atoms with Gasteiger partial charge in [0.2, 0.25) is 5.88 Å². The molecule has 0 unspecified atom stereocenters. The number of aryl methyl sites for hydroxylation is 2. The summed E-state index contributed by atoms with van der Waals surface area (Å²) in [6.07, 6.45) is 1.69. The summed E-state index contributed by atoms with van der Waals surface area (Å²) >= 11 is 2.20. The van der Waals surface area contributed by atoms with E-state index in [1.54, 1.807) is 37.0 Å². The van der Waals surface area contributed by atoms with Crippen molar-refractivity contribution in [3.63, 3.8) is 0 Å². The van der Waals surface area contributed by atoms with Crippen LogP contribution >= 0.6 is 22.6 Å². The van der Waals surface area contributed by atoms with Gasteiger partial charge in [-0.3, -0.25) is 4.79 Å². The van der Waals surface area contributed by atoms with E-state index in [0.717, 1.165) is 9.26 Å². The summed E-state index contributed by atoms with van der Waals surface area (Å²) in [5, 5.41) is 8.25. The molecule has 0 spiro atoms. The van der Waals surface area contributed by atoms with Gasteiger partial charge < -0.3 is 9.47 Å². The number of rotatable bonds is 5. The van der Waals surface area contributed by atoms with E-state index in [1.165, 1.54) is 6.92 Å². The van der Waals surface area contributed by atoms with Crippen LogP contribution in [0.25, 0.3) is 11.4 Å². The van der Waals surface area contributed by atoms with E-state index >= 15 is 0 Å². The van der Waals surface area contributed by atoms with Gasteiger partial charge in [-0.25, -0.2) is 14.6 Å². The fourth-order valence-corrected chi connectivity index (χ4v) is 2.71. The first kappa shape index (κ1) is 18.2. The van der Waals surface area contributed by atoms with Gasteiger partial charge in [0.25, 0.3) is 0 Å². The molecule has 0 aliphatic rings. The number of ether oxygens (including phenoxy) is 2. The van der Waals surface area contributed by atoms with Crippen molar-refractivity contribution in [2.75, 3.05) is 0 Å². The van der Waals surface area contributed by atoms with Gasteiger partial charge in [0, 0.05) is 29.8 Å². The zero-order valence-electron chi connectivity index (χ0n) is 14.4. The highest BCUT2D eigenvalue weighted by atomic mass is 127. The van der Waals surface area contributed by atoms with Crippen molar-refractivity contribution in [3.8, 4) is 23.0 Å². The van der Waals surface area contributed by atoms with Crippen LogP contribution in [0.5, 0.6) is 11.6 Å². The van der Waals surface area contributed by atoms with Crippen LogP contribution in [-0.2, 0) is 18.4 Å². The number of hydrogen-bond donors (Lipinski definition) is 0. The number of halogens is 1. The van der Waals surface area contributed by atoms with Crippen molar-refractivity contribution in [2.45, 2.75) is 20.5 Å². The van der Waals surface area contributed by atoms with Crippen LogP contribution in [-0.4, -0.2) is 30.9 Å². The van der Waals surface area contributed by atoms with Gasteiger partial charge in [-0.15, -0.1) is 5.10 Å². The third kappa shape index (κ3) is 4.15. The van der Waals surface area contributed by atoms with Crippen LogP contribution in [0.15, 0.2) is 30.5 Å². The van der Waals surface area contributed by atoms with Gasteiger partial charge in [0.15, 0.2) is 5.75 Å². The molecule has 3 rings (SSSR count). The van der Waals surface area contributed by atoms with Crippen molar-refractivity contribution in [2.24, 2.45) is 7.05 Å². The molecule has 8 nitrogen and oxygen atoms in total. The summed E-state index contributed by atoms with van der Waals surface area (Å²) in [6, 6.07) is 7.17. The lowest BCUT2D eigenvalue weighted by Crippen LogP contribution is -2.06. The molecule has 26 heavy (non-hydrogen) atoms. The van der Waals surface area contributed by atoms with Crippen molar-refractivity contribution in [1.29, 1.82) is 0 Å². The summed E-state index contributed by atoms with van der Waals surface area (Å²) in [5.74, 6) is 0.561. The molecule has 0 radical (unpaired) electrons. The van der Waals surface area contributed by atoms with Crippen LogP contribution in [0, 0.1) is 10.5 Å². The molecule has 134 valence electrons. The first-order valence-corrected chi connectivity index (χ1v) is 8.81. The van der Waals surface area contributed by atoms with Crippen LogP contribution in [0.1, 0.15) is 18.3 Å². The van der Waals surface area contributed by atoms with E-state index in [2.05, 4.69) is 42.9 Å². The molecular weight excluding hydrogens is 449 g/mol. The highest BCUT2D eigenvalue weighted by Gasteiger charge is 2.16. The van der Waals surface area contributed by atoms with E-state index in [0.29, 0.717) is 28.7 Å². The van der Waals surface area contributed by atoms with E-state index in [-0.39, 0.29) is 12.6 Å². The second-order valence-corrected chi connectivity index (χ2v) is 6.73. The fraction of sp³-hybridized carbons (Fsp3) is 0.235. The Morgan fingerprint density at radius 1 is 1.31 bits per heavy atom. The Morgan fingerprint density at radius 3 is 2.81 bits per heavy atom. The number of aromatic nitrogens is 5.